The molecule has 0 spiro atoms. The number of hydrogen-bond acceptors (Lipinski definition) is 2. The molecule has 2 heteroatoms. The average molecular weight is 294 g/mol. The Hall–Kier alpha value is -0.790. The smallest absolute Gasteiger partial charge is 0.330 e. The van der Waals surface area contributed by atoms with Gasteiger partial charge >= 0.3 is 5.97 Å². The molecular weight excluding hydrogens is 260 g/mol. The maximum atomic E-state index is 11.1. The van der Waals surface area contributed by atoms with Crippen molar-refractivity contribution < 1.29 is 9.53 Å². The van der Waals surface area contributed by atoms with E-state index >= 15 is 0 Å². The fraction of sp³-hybridized carbons (Fsp3) is 0.842. The lowest BCUT2D eigenvalue weighted by Gasteiger charge is -2.18. The van der Waals surface area contributed by atoms with Crippen molar-refractivity contribution >= 4 is 5.97 Å². The standard InChI is InChI=1S/C19H34O2/c1-2-3-4-5-6-7-8-9-10-11-12-13-15-18-16-14-17-19(20)21-18/h14,17-18H,2-13,15-16H2,1H3. The quantitative estimate of drug-likeness (QED) is 0.310. The largest absolute Gasteiger partial charge is 0.459 e. The zero-order chi connectivity index (χ0) is 15.2. The third kappa shape index (κ3) is 10.6. The molecule has 1 aliphatic heterocycles. The van der Waals surface area contributed by atoms with E-state index in [0.29, 0.717) is 0 Å². The van der Waals surface area contributed by atoms with Crippen LogP contribution in [0.4, 0.5) is 0 Å². The van der Waals surface area contributed by atoms with Gasteiger partial charge in [-0.3, -0.25) is 0 Å². The molecule has 0 aromatic rings. The topological polar surface area (TPSA) is 26.3 Å². The zero-order valence-corrected chi connectivity index (χ0v) is 13.9. The number of carbonyl (C=O) groups is 1. The van der Waals surface area contributed by atoms with Crippen LogP contribution in [0.5, 0.6) is 0 Å². The van der Waals surface area contributed by atoms with Crippen molar-refractivity contribution in [2.75, 3.05) is 0 Å². The summed E-state index contributed by atoms with van der Waals surface area (Å²) in [6, 6.07) is 0. The molecule has 0 fully saturated rings. The number of esters is 1. The molecule has 0 saturated carbocycles. The lowest BCUT2D eigenvalue weighted by molar-refractivity contribution is -0.144. The van der Waals surface area contributed by atoms with Crippen LogP contribution in [0.25, 0.3) is 0 Å². The van der Waals surface area contributed by atoms with Gasteiger partial charge < -0.3 is 4.74 Å². The van der Waals surface area contributed by atoms with E-state index < -0.39 is 0 Å². The first kappa shape index (κ1) is 18.3. The van der Waals surface area contributed by atoms with E-state index in [9.17, 15) is 4.79 Å². The van der Waals surface area contributed by atoms with Gasteiger partial charge in [-0.05, 0) is 12.8 Å². The Bertz CT molecular complexity index is 283. The van der Waals surface area contributed by atoms with Crippen molar-refractivity contribution in [2.24, 2.45) is 0 Å². The van der Waals surface area contributed by atoms with Gasteiger partial charge in [0.2, 0.25) is 0 Å². The van der Waals surface area contributed by atoms with Gasteiger partial charge in [-0.1, -0.05) is 83.6 Å². The molecule has 0 aromatic heterocycles. The molecule has 0 amide bonds. The first-order valence-electron chi connectivity index (χ1n) is 9.20. The highest BCUT2D eigenvalue weighted by molar-refractivity contribution is 5.82. The summed E-state index contributed by atoms with van der Waals surface area (Å²) >= 11 is 0. The predicted octanol–water partition coefficient (Wildman–Crippen LogP) is 5.95. The number of ether oxygens (including phenoxy) is 1. The molecule has 1 rings (SSSR count). The molecule has 1 aliphatic rings. The summed E-state index contributed by atoms with van der Waals surface area (Å²) < 4.78 is 5.26. The van der Waals surface area contributed by atoms with Crippen LogP contribution in [0.3, 0.4) is 0 Å². The van der Waals surface area contributed by atoms with Crippen LogP contribution in [0.15, 0.2) is 12.2 Å². The number of carbonyl (C=O) groups excluding carboxylic acids is 1. The summed E-state index contributed by atoms with van der Waals surface area (Å²) in [7, 11) is 0. The van der Waals surface area contributed by atoms with E-state index in [4.69, 9.17) is 4.74 Å². The Balaban J connectivity index is 1.77. The maximum absolute atomic E-state index is 11.1. The number of cyclic esters (lactones) is 1. The third-order valence-electron chi connectivity index (χ3n) is 4.32. The number of hydrogen-bond donors (Lipinski definition) is 0. The molecule has 2 nitrogen and oxygen atoms in total. The molecular formula is C19H34O2. The molecule has 0 radical (unpaired) electrons. The van der Waals surface area contributed by atoms with Crippen molar-refractivity contribution in [1.82, 2.24) is 0 Å². The molecule has 122 valence electrons. The highest BCUT2D eigenvalue weighted by Gasteiger charge is 2.14. The van der Waals surface area contributed by atoms with E-state index in [1.54, 1.807) is 6.08 Å². The van der Waals surface area contributed by atoms with Gasteiger partial charge in [0.05, 0.1) is 0 Å². The fourth-order valence-electron chi connectivity index (χ4n) is 2.96. The molecule has 0 bridgehead atoms. The Kier molecular flexibility index (Phi) is 11.2. The van der Waals surface area contributed by atoms with Gasteiger partial charge in [0.25, 0.3) is 0 Å². The number of unbranched alkanes of at least 4 members (excludes halogenated alkanes) is 11. The van der Waals surface area contributed by atoms with Crippen LogP contribution in [0, 0.1) is 0 Å². The van der Waals surface area contributed by atoms with Crippen molar-refractivity contribution in [3.05, 3.63) is 12.2 Å². The molecule has 0 aliphatic carbocycles. The summed E-state index contributed by atoms with van der Waals surface area (Å²) in [4.78, 5) is 11.1. The summed E-state index contributed by atoms with van der Waals surface area (Å²) in [6.45, 7) is 2.27. The van der Waals surface area contributed by atoms with Crippen LogP contribution in [-0.2, 0) is 9.53 Å². The maximum Gasteiger partial charge on any atom is 0.330 e. The average Bonchev–Trinajstić information content (AvgIpc) is 2.48. The van der Waals surface area contributed by atoms with E-state index in [2.05, 4.69) is 6.92 Å². The van der Waals surface area contributed by atoms with Crippen molar-refractivity contribution in [1.29, 1.82) is 0 Å². The molecule has 0 aromatic carbocycles. The Labute approximate surface area is 131 Å². The molecule has 1 heterocycles. The first-order valence-corrected chi connectivity index (χ1v) is 9.20. The zero-order valence-electron chi connectivity index (χ0n) is 13.9. The first-order chi connectivity index (χ1) is 10.3. The molecule has 1 unspecified atom stereocenters. The monoisotopic (exact) mass is 294 g/mol. The normalized spacial score (nSPS) is 18.0. The van der Waals surface area contributed by atoms with Crippen LogP contribution in [0.2, 0.25) is 0 Å². The second-order valence-electron chi connectivity index (χ2n) is 6.37. The van der Waals surface area contributed by atoms with Crippen molar-refractivity contribution in [3.63, 3.8) is 0 Å². The van der Waals surface area contributed by atoms with Gasteiger partial charge in [-0.25, -0.2) is 4.79 Å². The minimum absolute atomic E-state index is 0.144. The van der Waals surface area contributed by atoms with Gasteiger partial charge in [0, 0.05) is 12.5 Å². The van der Waals surface area contributed by atoms with Gasteiger partial charge in [-0.15, -0.1) is 0 Å². The summed E-state index contributed by atoms with van der Waals surface area (Å²) in [6.07, 6.45) is 22.0. The predicted molar refractivity (Wildman–Crippen MR) is 89.3 cm³/mol. The second-order valence-corrected chi connectivity index (χ2v) is 6.37. The van der Waals surface area contributed by atoms with E-state index in [1.165, 1.54) is 77.0 Å². The van der Waals surface area contributed by atoms with Crippen molar-refractivity contribution in [2.45, 2.75) is 103 Å². The summed E-state index contributed by atoms with van der Waals surface area (Å²) in [5.74, 6) is -0.162. The summed E-state index contributed by atoms with van der Waals surface area (Å²) in [5, 5.41) is 0. The van der Waals surface area contributed by atoms with Gasteiger partial charge in [-0.2, -0.15) is 0 Å². The fourth-order valence-corrected chi connectivity index (χ4v) is 2.96. The van der Waals surface area contributed by atoms with E-state index in [1.807, 2.05) is 6.08 Å². The van der Waals surface area contributed by atoms with Crippen LogP contribution in [0.1, 0.15) is 96.8 Å². The summed E-state index contributed by atoms with van der Waals surface area (Å²) in [5.41, 5.74) is 0. The van der Waals surface area contributed by atoms with Crippen LogP contribution < -0.4 is 0 Å². The van der Waals surface area contributed by atoms with E-state index in [0.717, 1.165) is 12.8 Å². The SMILES string of the molecule is CCCCCCCCCCCCCCC1CC=CC(=O)O1. The van der Waals surface area contributed by atoms with Crippen molar-refractivity contribution in [3.8, 4) is 0 Å². The molecule has 21 heavy (non-hydrogen) atoms. The lowest BCUT2D eigenvalue weighted by atomic mass is 10.0. The van der Waals surface area contributed by atoms with E-state index in [-0.39, 0.29) is 12.1 Å². The van der Waals surface area contributed by atoms with Crippen LogP contribution >= 0.6 is 0 Å². The Morgan fingerprint density at radius 2 is 1.43 bits per heavy atom. The molecule has 0 N–H and O–H groups in total. The molecule has 1 atom stereocenters. The van der Waals surface area contributed by atoms with Gasteiger partial charge in [0.15, 0.2) is 0 Å². The minimum Gasteiger partial charge on any atom is -0.459 e. The third-order valence-corrected chi connectivity index (χ3v) is 4.32. The van der Waals surface area contributed by atoms with Gasteiger partial charge in [0.1, 0.15) is 6.10 Å². The van der Waals surface area contributed by atoms with Crippen LogP contribution in [-0.4, -0.2) is 12.1 Å². The highest BCUT2D eigenvalue weighted by atomic mass is 16.5. The highest BCUT2D eigenvalue weighted by Crippen LogP contribution is 2.16. The second kappa shape index (κ2) is 12.9. The number of rotatable bonds is 13. The Morgan fingerprint density at radius 3 is 1.95 bits per heavy atom. The molecule has 0 saturated heterocycles. The Morgan fingerprint density at radius 1 is 0.905 bits per heavy atom. The lowest BCUT2D eigenvalue weighted by Crippen LogP contribution is -2.19. The minimum atomic E-state index is -0.162.